The van der Waals surface area contributed by atoms with Crippen molar-refractivity contribution in [1.82, 2.24) is 19.6 Å². The first-order chi connectivity index (χ1) is 10.5. The van der Waals surface area contributed by atoms with Gasteiger partial charge in [-0.1, -0.05) is 0 Å². The average Bonchev–Trinajstić information content (AvgIpc) is 3.15. The number of hydrogen-bond acceptors (Lipinski definition) is 3. The molecule has 1 unspecified atom stereocenters. The molecule has 0 aromatic carbocycles. The molecule has 1 saturated carbocycles. The molecular weight excluding hydrogens is 280 g/mol. The number of likely N-dealkylation sites (tertiary alicyclic amines) is 1. The highest BCUT2D eigenvalue weighted by atomic mass is 16.2. The van der Waals surface area contributed by atoms with Crippen molar-refractivity contribution < 1.29 is 9.59 Å². The van der Waals surface area contributed by atoms with Gasteiger partial charge in [0.1, 0.15) is 0 Å². The molecule has 6 nitrogen and oxygen atoms in total. The molecule has 22 heavy (non-hydrogen) atoms. The first-order valence-electron chi connectivity index (χ1n) is 8.02. The van der Waals surface area contributed by atoms with Gasteiger partial charge in [0.15, 0.2) is 5.54 Å². The Hall–Kier alpha value is -1.85. The molecule has 0 N–H and O–H groups in total. The Labute approximate surface area is 131 Å². The van der Waals surface area contributed by atoms with Crippen molar-refractivity contribution in [2.24, 2.45) is 5.92 Å². The molecule has 2 fully saturated rings. The van der Waals surface area contributed by atoms with Gasteiger partial charge in [0.05, 0.1) is 6.54 Å². The Morgan fingerprint density at radius 2 is 2.14 bits per heavy atom. The summed E-state index contributed by atoms with van der Waals surface area (Å²) in [6, 6.07) is 1.83. The molecule has 1 aromatic rings. The van der Waals surface area contributed by atoms with E-state index in [4.69, 9.17) is 0 Å². The Morgan fingerprint density at radius 3 is 2.73 bits per heavy atom. The first kappa shape index (κ1) is 15.1. The smallest absolute Gasteiger partial charge is 0.251 e. The van der Waals surface area contributed by atoms with Crippen LogP contribution in [0.1, 0.15) is 32.1 Å². The molecule has 1 aliphatic heterocycles. The molecule has 1 saturated heterocycles. The maximum Gasteiger partial charge on any atom is 0.251 e. The second kappa shape index (κ2) is 5.74. The number of rotatable bonds is 4. The Kier molecular flexibility index (Phi) is 3.93. The van der Waals surface area contributed by atoms with E-state index in [9.17, 15) is 9.59 Å². The lowest BCUT2D eigenvalue weighted by molar-refractivity contribution is -0.146. The third-order valence-corrected chi connectivity index (χ3v) is 4.73. The summed E-state index contributed by atoms with van der Waals surface area (Å²) in [5.41, 5.74) is -0.759. The van der Waals surface area contributed by atoms with Crippen LogP contribution in [0.2, 0.25) is 0 Å². The van der Waals surface area contributed by atoms with Crippen LogP contribution in [0.3, 0.4) is 0 Å². The van der Waals surface area contributed by atoms with Gasteiger partial charge in [-0.2, -0.15) is 5.10 Å². The molecule has 2 amide bonds. The predicted octanol–water partition coefficient (Wildman–Crippen LogP) is 1.09. The summed E-state index contributed by atoms with van der Waals surface area (Å²) in [5.74, 6) is 0.767. The van der Waals surface area contributed by atoms with Crippen molar-refractivity contribution >= 4 is 11.8 Å². The summed E-state index contributed by atoms with van der Waals surface area (Å²) in [6.45, 7) is 1.17. The minimum atomic E-state index is -0.759. The van der Waals surface area contributed by atoms with Crippen LogP contribution in [-0.4, -0.2) is 58.6 Å². The van der Waals surface area contributed by atoms with Crippen molar-refractivity contribution in [1.29, 1.82) is 0 Å². The number of carbonyl (C=O) groups is 2. The van der Waals surface area contributed by atoms with E-state index in [1.54, 1.807) is 29.9 Å². The fraction of sp³-hybridized carbons (Fsp3) is 0.688. The molecule has 2 aliphatic rings. The van der Waals surface area contributed by atoms with E-state index < -0.39 is 5.54 Å². The number of amides is 2. The van der Waals surface area contributed by atoms with Crippen LogP contribution in [0, 0.1) is 5.92 Å². The highest BCUT2D eigenvalue weighted by Gasteiger charge is 2.46. The Bertz CT molecular complexity index is 551. The maximum absolute atomic E-state index is 12.8. The minimum absolute atomic E-state index is 0.0140. The van der Waals surface area contributed by atoms with Crippen LogP contribution in [0.5, 0.6) is 0 Å². The van der Waals surface area contributed by atoms with E-state index in [0.29, 0.717) is 18.9 Å². The molecule has 2 heterocycles. The monoisotopic (exact) mass is 304 g/mol. The molecule has 0 radical (unpaired) electrons. The number of carbonyl (C=O) groups excluding carboxylic acids is 2. The number of likely N-dealkylation sites (N-methyl/N-ethyl adjacent to an activating group) is 1. The van der Waals surface area contributed by atoms with Crippen LogP contribution in [0.25, 0.3) is 0 Å². The molecule has 3 rings (SSSR count). The van der Waals surface area contributed by atoms with Gasteiger partial charge in [-0.25, -0.2) is 0 Å². The van der Waals surface area contributed by atoms with Gasteiger partial charge in [0, 0.05) is 39.5 Å². The molecule has 120 valence electrons. The topological polar surface area (TPSA) is 58.4 Å². The van der Waals surface area contributed by atoms with Gasteiger partial charge >= 0.3 is 0 Å². The fourth-order valence-corrected chi connectivity index (χ4v) is 3.34. The van der Waals surface area contributed by atoms with Crippen LogP contribution in [-0.2, 0) is 15.1 Å². The normalized spacial score (nSPS) is 25.1. The zero-order valence-electron chi connectivity index (χ0n) is 13.4. The third kappa shape index (κ3) is 2.74. The summed E-state index contributed by atoms with van der Waals surface area (Å²) < 4.78 is 1.74. The largest absolute Gasteiger partial charge is 0.347 e. The van der Waals surface area contributed by atoms with Crippen LogP contribution >= 0.6 is 0 Å². The van der Waals surface area contributed by atoms with Gasteiger partial charge in [0.25, 0.3) is 5.91 Å². The van der Waals surface area contributed by atoms with Crippen molar-refractivity contribution in [2.45, 2.75) is 37.6 Å². The van der Waals surface area contributed by atoms with Crippen LogP contribution < -0.4 is 0 Å². The Balaban J connectivity index is 1.85. The molecule has 6 heteroatoms. The summed E-state index contributed by atoms with van der Waals surface area (Å²) in [4.78, 5) is 28.8. The van der Waals surface area contributed by atoms with Gasteiger partial charge in [0.2, 0.25) is 5.91 Å². The van der Waals surface area contributed by atoms with Crippen molar-refractivity contribution in [3.8, 4) is 0 Å². The Morgan fingerprint density at radius 1 is 1.36 bits per heavy atom. The summed E-state index contributed by atoms with van der Waals surface area (Å²) in [7, 11) is 3.52. The second-order valence-corrected chi connectivity index (χ2v) is 6.75. The predicted molar refractivity (Wildman–Crippen MR) is 82.1 cm³/mol. The summed E-state index contributed by atoms with van der Waals surface area (Å²) in [5, 5.41) is 4.31. The number of aromatic nitrogens is 2. The van der Waals surface area contributed by atoms with Crippen molar-refractivity contribution in [3.63, 3.8) is 0 Å². The zero-order valence-corrected chi connectivity index (χ0v) is 13.4. The zero-order chi connectivity index (χ0) is 15.7. The van der Waals surface area contributed by atoms with Gasteiger partial charge in [-0.05, 0) is 37.7 Å². The lowest BCUT2D eigenvalue weighted by Gasteiger charge is -2.43. The SMILES string of the molecule is CN(C)C(=O)C1(n2cccn2)CCCN(C(=O)CC2CC2)C1. The van der Waals surface area contributed by atoms with Crippen molar-refractivity contribution in [3.05, 3.63) is 18.5 Å². The standard InChI is InChI=1S/C16H24N4O2/c1-18(2)15(22)16(20-10-4-8-17-20)7-3-9-19(12-16)14(21)11-13-5-6-13/h4,8,10,13H,3,5-7,9,11-12H2,1-2H3. The van der Waals surface area contributed by atoms with E-state index >= 15 is 0 Å². The minimum Gasteiger partial charge on any atom is -0.347 e. The van der Waals surface area contributed by atoms with E-state index in [0.717, 1.165) is 19.4 Å². The van der Waals surface area contributed by atoms with E-state index in [2.05, 4.69) is 5.10 Å². The van der Waals surface area contributed by atoms with Gasteiger partial charge in [-0.3, -0.25) is 14.3 Å². The highest BCUT2D eigenvalue weighted by Crippen LogP contribution is 2.35. The lowest BCUT2D eigenvalue weighted by Crippen LogP contribution is -2.59. The molecule has 0 bridgehead atoms. The maximum atomic E-state index is 12.8. The molecule has 0 spiro atoms. The average molecular weight is 304 g/mol. The first-order valence-corrected chi connectivity index (χ1v) is 8.02. The second-order valence-electron chi connectivity index (χ2n) is 6.75. The third-order valence-electron chi connectivity index (χ3n) is 4.73. The number of piperidine rings is 1. The van der Waals surface area contributed by atoms with Crippen molar-refractivity contribution in [2.75, 3.05) is 27.2 Å². The number of nitrogens with zero attached hydrogens (tertiary/aromatic N) is 4. The highest BCUT2D eigenvalue weighted by molar-refractivity contribution is 5.86. The quantitative estimate of drug-likeness (QED) is 0.836. The van der Waals surface area contributed by atoms with E-state index in [1.165, 1.54) is 12.8 Å². The van der Waals surface area contributed by atoms with E-state index in [-0.39, 0.29) is 11.8 Å². The summed E-state index contributed by atoms with van der Waals surface area (Å²) >= 11 is 0. The molecule has 1 aromatic heterocycles. The van der Waals surface area contributed by atoms with Crippen LogP contribution in [0.15, 0.2) is 18.5 Å². The van der Waals surface area contributed by atoms with E-state index in [1.807, 2.05) is 17.2 Å². The van der Waals surface area contributed by atoms with Gasteiger partial charge < -0.3 is 9.80 Å². The van der Waals surface area contributed by atoms with Gasteiger partial charge in [-0.15, -0.1) is 0 Å². The van der Waals surface area contributed by atoms with Crippen LogP contribution in [0.4, 0.5) is 0 Å². The lowest BCUT2D eigenvalue weighted by atomic mass is 9.87. The number of hydrogen-bond donors (Lipinski definition) is 0. The molecular formula is C16H24N4O2. The summed E-state index contributed by atoms with van der Waals surface area (Å²) in [6.07, 6.45) is 8.03. The molecule has 1 aliphatic carbocycles. The molecule has 1 atom stereocenters. The fourth-order valence-electron chi connectivity index (χ4n) is 3.34.